The molecular formula is C18H20Cl6N4. The molecule has 4 nitrogen and oxygen atoms in total. The van der Waals surface area contributed by atoms with Crippen molar-refractivity contribution in [1.82, 2.24) is 9.80 Å². The van der Waals surface area contributed by atoms with Gasteiger partial charge in [0.15, 0.2) is 5.84 Å². The molecule has 0 aliphatic carbocycles. The lowest BCUT2D eigenvalue weighted by Gasteiger charge is -2.31. The second-order valence-electron chi connectivity index (χ2n) is 6.96. The van der Waals surface area contributed by atoms with E-state index in [0.29, 0.717) is 24.1 Å². The highest BCUT2D eigenvalue weighted by Crippen LogP contribution is 2.38. The molecule has 1 saturated heterocycles. The van der Waals surface area contributed by atoms with Crippen LogP contribution < -0.4 is 0 Å². The van der Waals surface area contributed by atoms with Crippen molar-refractivity contribution in [1.29, 1.82) is 0 Å². The molecule has 1 unspecified atom stereocenters. The minimum absolute atomic E-state index is 0.154. The third-order valence-corrected chi connectivity index (χ3v) is 6.17. The summed E-state index contributed by atoms with van der Waals surface area (Å²) < 4.78 is -3.23. The van der Waals surface area contributed by atoms with Crippen molar-refractivity contribution in [3.05, 3.63) is 35.4 Å². The molecule has 0 bridgehead atoms. The van der Waals surface area contributed by atoms with Gasteiger partial charge in [-0.05, 0) is 38.9 Å². The van der Waals surface area contributed by atoms with Crippen molar-refractivity contribution in [3.8, 4) is 0 Å². The van der Waals surface area contributed by atoms with Crippen LogP contribution in [0.4, 0.5) is 0 Å². The highest BCUT2D eigenvalue weighted by Gasteiger charge is 2.33. The molecule has 0 aromatic heterocycles. The summed E-state index contributed by atoms with van der Waals surface area (Å²) in [6.07, 6.45) is 3.42. The molecule has 0 saturated carbocycles. The largest absolute Gasteiger partial charge is 0.336 e. The fourth-order valence-electron chi connectivity index (χ4n) is 3.49. The van der Waals surface area contributed by atoms with Gasteiger partial charge >= 0.3 is 0 Å². The van der Waals surface area contributed by atoms with Gasteiger partial charge in [-0.3, -0.25) is 0 Å². The predicted octanol–water partition coefficient (Wildman–Crippen LogP) is 5.79. The number of rotatable bonds is 4. The van der Waals surface area contributed by atoms with E-state index in [0.717, 1.165) is 25.1 Å². The molecule has 0 amide bonds. The van der Waals surface area contributed by atoms with Crippen LogP contribution in [0.5, 0.6) is 0 Å². The van der Waals surface area contributed by atoms with Crippen molar-refractivity contribution < 1.29 is 0 Å². The fourth-order valence-corrected chi connectivity index (χ4v) is 4.14. The molecular weight excluding hydrogens is 485 g/mol. The standard InChI is InChI=1S/C18H20Cl6N4/c1-27-8-3-6-14(27)7-9-28-11-25-16(18(22,23)24)26-15(28)12-4-2-5-13(10-12)17(19,20)21/h2,4-5,10,14H,3,6-9,11H2,1H3. The zero-order chi connectivity index (χ0) is 20.5. The van der Waals surface area contributed by atoms with Gasteiger partial charge in [0, 0.05) is 23.7 Å². The summed E-state index contributed by atoms with van der Waals surface area (Å²) in [5.74, 6) is 0.814. The van der Waals surface area contributed by atoms with E-state index in [1.165, 1.54) is 12.8 Å². The average molecular weight is 505 g/mol. The maximum atomic E-state index is 6.06. The van der Waals surface area contributed by atoms with Gasteiger partial charge in [0.2, 0.25) is 7.59 Å². The van der Waals surface area contributed by atoms with E-state index in [1.807, 2.05) is 12.1 Å². The molecule has 0 radical (unpaired) electrons. The Morgan fingerprint density at radius 3 is 2.46 bits per heavy atom. The Labute approximate surface area is 195 Å². The Kier molecular flexibility index (Phi) is 7.35. The van der Waals surface area contributed by atoms with E-state index in [4.69, 9.17) is 69.6 Å². The van der Waals surface area contributed by atoms with Crippen LogP contribution in [-0.2, 0) is 3.79 Å². The first kappa shape index (κ1) is 22.7. The van der Waals surface area contributed by atoms with Gasteiger partial charge < -0.3 is 9.80 Å². The normalized spacial score (nSPS) is 21.7. The Hall–Kier alpha value is 0.0600. The lowest BCUT2D eigenvalue weighted by molar-refractivity contribution is 0.272. The molecule has 0 N–H and O–H groups in total. The van der Waals surface area contributed by atoms with Crippen molar-refractivity contribution in [3.63, 3.8) is 0 Å². The van der Waals surface area contributed by atoms with Gasteiger partial charge in [0.1, 0.15) is 12.5 Å². The number of halogens is 6. The monoisotopic (exact) mass is 502 g/mol. The Morgan fingerprint density at radius 1 is 1.11 bits per heavy atom. The maximum absolute atomic E-state index is 6.06. The predicted molar refractivity (Wildman–Crippen MR) is 122 cm³/mol. The van der Waals surface area contributed by atoms with Crippen LogP contribution in [0.25, 0.3) is 0 Å². The van der Waals surface area contributed by atoms with Crippen LogP contribution in [0, 0.1) is 0 Å². The van der Waals surface area contributed by atoms with Crippen molar-refractivity contribution in [2.45, 2.75) is 32.9 Å². The number of alkyl halides is 6. The lowest BCUT2D eigenvalue weighted by Crippen LogP contribution is -2.41. The Morgan fingerprint density at radius 2 is 1.86 bits per heavy atom. The maximum Gasteiger partial charge on any atom is 0.249 e. The summed E-state index contributed by atoms with van der Waals surface area (Å²) in [4.78, 5) is 13.4. The highest BCUT2D eigenvalue weighted by molar-refractivity contribution is 6.77. The van der Waals surface area contributed by atoms with Crippen LogP contribution in [0.1, 0.15) is 30.4 Å². The summed E-state index contributed by atoms with van der Waals surface area (Å²) >= 11 is 36.2. The molecule has 1 aromatic carbocycles. The van der Waals surface area contributed by atoms with E-state index in [-0.39, 0.29) is 5.84 Å². The van der Waals surface area contributed by atoms with Crippen LogP contribution >= 0.6 is 69.6 Å². The molecule has 2 aliphatic heterocycles. The summed E-state index contributed by atoms with van der Waals surface area (Å²) in [5, 5.41) is 0. The van der Waals surface area contributed by atoms with Gasteiger partial charge in [-0.15, -0.1) is 0 Å². The number of hydrogen-bond donors (Lipinski definition) is 0. The molecule has 1 aromatic rings. The number of benzene rings is 1. The lowest BCUT2D eigenvalue weighted by atomic mass is 10.1. The quantitative estimate of drug-likeness (QED) is 0.486. The van der Waals surface area contributed by atoms with E-state index in [9.17, 15) is 0 Å². The number of hydrogen-bond acceptors (Lipinski definition) is 4. The highest BCUT2D eigenvalue weighted by atomic mass is 35.6. The van der Waals surface area contributed by atoms with Crippen molar-refractivity contribution >= 4 is 81.3 Å². The summed E-state index contributed by atoms with van der Waals surface area (Å²) in [7, 11) is 2.16. The molecule has 2 aliphatic rings. The number of likely N-dealkylation sites (tertiary alicyclic amines) is 1. The summed E-state index contributed by atoms with van der Waals surface area (Å²) in [6.45, 7) is 2.27. The number of amidine groups is 2. The van der Waals surface area contributed by atoms with E-state index < -0.39 is 7.59 Å². The molecule has 10 heteroatoms. The smallest absolute Gasteiger partial charge is 0.249 e. The van der Waals surface area contributed by atoms with Gasteiger partial charge in [-0.2, -0.15) is 0 Å². The van der Waals surface area contributed by atoms with Gasteiger partial charge in [0.25, 0.3) is 0 Å². The zero-order valence-electron chi connectivity index (χ0n) is 15.2. The molecule has 1 atom stereocenters. The minimum Gasteiger partial charge on any atom is -0.336 e. The second-order valence-corrected chi connectivity index (χ2v) is 11.5. The van der Waals surface area contributed by atoms with E-state index in [2.05, 4.69) is 26.8 Å². The van der Waals surface area contributed by atoms with E-state index in [1.54, 1.807) is 12.1 Å². The molecule has 2 heterocycles. The summed E-state index contributed by atoms with van der Waals surface area (Å²) in [6, 6.07) is 7.81. The fraction of sp³-hybridized carbons (Fsp3) is 0.556. The second kappa shape index (κ2) is 9.05. The first-order valence-electron chi connectivity index (χ1n) is 8.89. The van der Waals surface area contributed by atoms with Gasteiger partial charge in [-0.25, -0.2) is 9.98 Å². The zero-order valence-corrected chi connectivity index (χ0v) is 19.7. The Balaban J connectivity index is 1.88. The number of aliphatic imine (C=N–C) groups is 2. The average Bonchev–Trinajstić information content (AvgIpc) is 3.03. The molecule has 3 rings (SSSR count). The van der Waals surface area contributed by atoms with Crippen LogP contribution in [0.3, 0.4) is 0 Å². The molecule has 0 spiro atoms. The summed E-state index contributed by atoms with van der Waals surface area (Å²) in [5.41, 5.74) is 1.33. The molecule has 28 heavy (non-hydrogen) atoms. The minimum atomic E-state index is -1.70. The molecule has 1 fully saturated rings. The van der Waals surface area contributed by atoms with Crippen LogP contribution in [0.15, 0.2) is 34.3 Å². The van der Waals surface area contributed by atoms with Gasteiger partial charge in [-0.1, -0.05) is 87.8 Å². The molecule has 154 valence electrons. The van der Waals surface area contributed by atoms with Crippen LogP contribution in [-0.4, -0.2) is 58.1 Å². The van der Waals surface area contributed by atoms with E-state index >= 15 is 0 Å². The first-order chi connectivity index (χ1) is 13.1. The Bertz CT molecular complexity index is 768. The topological polar surface area (TPSA) is 31.2 Å². The van der Waals surface area contributed by atoms with Gasteiger partial charge in [0.05, 0.1) is 0 Å². The van der Waals surface area contributed by atoms with Crippen molar-refractivity contribution in [2.75, 3.05) is 26.8 Å². The first-order valence-corrected chi connectivity index (χ1v) is 11.2. The SMILES string of the molecule is CN1CCCC1CCN1CN=C(C(Cl)(Cl)Cl)N=C1c1cccc(C(Cl)(Cl)Cl)c1. The number of nitrogens with zero attached hydrogens (tertiary/aromatic N) is 4. The van der Waals surface area contributed by atoms with Crippen LogP contribution in [0.2, 0.25) is 0 Å². The third kappa shape index (κ3) is 5.60. The van der Waals surface area contributed by atoms with Crippen molar-refractivity contribution in [2.24, 2.45) is 9.98 Å². The third-order valence-electron chi connectivity index (χ3n) is 5.01.